The summed E-state index contributed by atoms with van der Waals surface area (Å²) in [4.78, 5) is 28.6. The van der Waals surface area contributed by atoms with E-state index < -0.39 is 11.7 Å². The highest BCUT2D eigenvalue weighted by atomic mass is 16.5. The van der Waals surface area contributed by atoms with E-state index in [1.54, 1.807) is 12.1 Å². The number of rotatable bonds is 4. The predicted molar refractivity (Wildman–Crippen MR) is 133 cm³/mol. The Bertz CT molecular complexity index is 1330. The molecule has 3 atom stereocenters. The summed E-state index contributed by atoms with van der Waals surface area (Å²) in [6.45, 7) is 4.18. The minimum absolute atomic E-state index is 0.157. The molecule has 1 amide bonds. The summed E-state index contributed by atoms with van der Waals surface area (Å²) in [5.74, 6) is -0.837. The molecular weight excluding hydrogens is 442 g/mol. The zero-order chi connectivity index (χ0) is 24.4. The first-order valence-electron chi connectivity index (χ1n) is 12.5. The van der Waals surface area contributed by atoms with Gasteiger partial charge in [0.25, 0.3) is 5.91 Å². The number of ether oxygens (including phenoxy) is 1. The van der Waals surface area contributed by atoms with Gasteiger partial charge in [0.2, 0.25) is 5.72 Å². The zero-order valence-electron chi connectivity index (χ0n) is 20.2. The minimum atomic E-state index is -1.80. The zero-order valence-corrected chi connectivity index (χ0v) is 20.2. The van der Waals surface area contributed by atoms with Gasteiger partial charge in [-0.3, -0.25) is 9.69 Å². The number of nitrogens with zero attached hydrogens (tertiary/aromatic N) is 2. The summed E-state index contributed by atoms with van der Waals surface area (Å²) in [5, 5.41) is 16.1. The summed E-state index contributed by atoms with van der Waals surface area (Å²) in [5.41, 5.74) is 2.20. The molecule has 7 heteroatoms. The van der Waals surface area contributed by atoms with Gasteiger partial charge in [-0.25, -0.2) is 4.79 Å². The van der Waals surface area contributed by atoms with Crippen LogP contribution in [0.3, 0.4) is 0 Å². The van der Waals surface area contributed by atoms with Crippen molar-refractivity contribution in [1.82, 2.24) is 9.47 Å². The van der Waals surface area contributed by atoms with Gasteiger partial charge in [0.05, 0.1) is 18.7 Å². The maximum atomic E-state index is 13.2. The van der Waals surface area contributed by atoms with Crippen LogP contribution < -0.4 is 5.32 Å². The van der Waals surface area contributed by atoms with Crippen LogP contribution in [0.1, 0.15) is 60.3 Å². The fraction of sp³-hybridized carbons (Fsp3) is 0.429. The van der Waals surface area contributed by atoms with Crippen molar-refractivity contribution < 1.29 is 19.4 Å². The summed E-state index contributed by atoms with van der Waals surface area (Å²) in [6, 6.07) is 15.0. The Kier molecular flexibility index (Phi) is 5.06. The number of fused-ring (bicyclic) bond motifs is 3. The quantitative estimate of drug-likeness (QED) is 0.555. The number of nitrogens with one attached hydrogen (secondary N) is 1. The van der Waals surface area contributed by atoms with Crippen LogP contribution in [0.4, 0.5) is 5.69 Å². The van der Waals surface area contributed by atoms with E-state index in [0.717, 1.165) is 55.4 Å². The van der Waals surface area contributed by atoms with Crippen LogP contribution in [-0.4, -0.2) is 46.6 Å². The maximum Gasteiger partial charge on any atom is 0.359 e. The first-order valence-corrected chi connectivity index (χ1v) is 12.5. The van der Waals surface area contributed by atoms with Crippen LogP contribution in [0.2, 0.25) is 0 Å². The van der Waals surface area contributed by atoms with Gasteiger partial charge in [-0.1, -0.05) is 31.2 Å². The summed E-state index contributed by atoms with van der Waals surface area (Å²) >= 11 is 0. The van der Waals surface area contributed by atoms with E-state index >= 15 is 0 Å². The molecule has 2 N–H and O–H groups in total. The number of anilines is 1. The monoisotopic (exact) mass is 473 g/mol. The molecule has 0 aliphatic carbocycles. The highest BCUT2D eigenvalue weighted by Gasteiger charge is 2.60. The lowest BCUT2D eigenvalue weighted by Gasteiger charge is -2.57. The number of piperidine rings is 1. The second-order valence-electron chi connectivity index (χ2n) is 10.2. The molecule has 2 aromatic carbocycles. The molecule has 3 aliphatic heterocycles. The molecule has 0 radical (unpaired) electrons. The first kappa shape index (κ1) is 22.3. The number of esters is 1. The third-order valence-electron chi connectivity index (χ3n) is 8.57. The number of amides is 1. The summed E-state index contributed by atoms with van der Waals surface area (Å²) in [6.07, 6.45) is 4.10. The number of hydrogen-bond donors (Lipinski definition) is 2. The van der Waals surface area contributed by atoms with Crippen molar-refractivity contribution in [2.45, 2.75) is 50.8 Å². The first-order chi connectivity index (χ1) is 16.9. The van der Waals surface area contributed by atoms with Crippen molar-refractivity contribution in [1.29, 1.82) is 0 Å². The Morgan fingerprint density at radius 2 is 1.97 bits per heavy atom. The molecule has 4 heterocycles. The maximum absolute atomic E-state index is 13.2. The molecule has 3 aromatic rings. The smallest absolute Gasteiger partial charge is 0.359 e. The van der Waals surface area contributed by atoms with Crippen molar-refractivity contribution in [2.24, 2.45) is 5.41 Å². The lowest BCUT2D eigenvalue weighted by Crippen LogP contribution is -2.60. The summed E-state index contributed by atoms with van der Waals surface area (Å²) < 4.78 is 7.01. The van der Waals surface area contributed by atoms with Gasteiger partial charge in [-0.2, -0.15) is 0 Å². The highest BCUT2D eigenvalue weighted by molar-refractivity contribution is 6.05. The molecule has 1 saturated heterocycles. The number of aliphatic hydroxyl groups is 1. The number of carbonyl (C=O) groups excluding carboxylic acids is 2. The Morgan fingerprint density at radius 1 is 1.17 bits per heavy atom. The largest absolute Gasteiger partial charge is 0.465 e. The predicted octanol–water partition coefficient (Wildman–Crippen LogP) is 4.20. The van der Waals surface area contributed by atoms with Crippen molar-refractivity contribution in [3.8, 4) is 0 Å². The van der Waals surface area contributed by atoms with Gasteiger partial charge in [-0.15, -0.1) is 0 Å². The highest BCUT2D eigenvalue weighted by Crippen LogP contribution is 2.60. The lowest BCUT2D eigenvalue weighted by molar-refractivity contribution is -0.194. The molecule has 0 unspecified atom stereocenters. The van der Waals surface area contributed by atoms with Crippen molar-refractivity contribution in [3.63, 3.8) is 0 Å². The van der Waals surface area contributed by atoms with E-state index in [9.17, 15) is 14.7 Å². The second-order valence-corrected chi connectivity index (χ2v) is 10.2. The molecule has 7 nitrogen and oxygen atoms in total. The fourth-order valence-corrected chi connectivity index (χ4v) is 7.02. The Labute approximate surface area is 204 Å². The van der Waals surface area contributed by atoms with Crippen LogP contribution in [0, 0.1) is 5.41 Å². The van der Waals surface area contributed by atoms with E-state index in [-0.39, 0.29) is 17.4 Å². The molecular formula is C28H31N3O4. The molecule has 182 valence electrons. The van der Waals surface area contributed by atoms with Crippen LogP contribution >= 0.6 is 0 Å². The van der Waals surface area contributed by atoms with Gasteiger partial charge in [0, 0.05) is 35.3 Å². The van der Waals surface area contributed by atoms with Crippen LogP contribution in [0.5, 0.6) is 0 Å². The lowest BCUT2D eigenvalue weighted by atomic mass is 9.62. The number of hydrogen-bond acceptors (Lipinski definition) is 5. The fourth-order valence-electron chi connectivity index (χ4n) is 7.02. The molecule has 1 aromatic heterocycles. The van der Waals surface area contributed by atoms with E-state index in [2.05, 4.69) is 17.1 Å². The number of aromatic nitrogens is 1. The third kappa shape index (κ3) is 3.11. The average molecular weight is 474 g/mol. The van der Waals surface area contributed by atoms with E-state index in [1.807, 2.05) is 41.0 Å². The van der Waals surface area contributed by atoms with E-state index in [4.69, 9.17) is 4.74 Å². The van der Waals surface area contributed by atoms with Crippen LogP contribution in [-0.2, 0) is 21.7 Å². The number of methoxy groups -OCH3 is 1. The molecule has 35 heavy (non-hydrogen) atoms. The van der Waals surface area contributed by atoms with Gasteiger partial charge in [0.1, 0.15) is 0 Å². The molecule has 0 saturated carbocycles. The summed E-state index contributed by atoms with van der Waals surface area (Å²) in [7, 11) is 1.34. The average Bonchev–Trinajstić information content (AvgIpc) is 3.23. The van der Waals surface area contributed by atoms with Crippen LogP contribution in [0.15, 0.2) is 48.5 Å². The molecule has 1 fully saturated rings. The second kappa shape index (κ2) is 7.93. The molecule has 0 bridgehead atoms. The Morgan fingerprint density at radius 3 is 2.71 bits per heavy atom. The Balaban J connectivity index is 1.55. The van der Waals surface area contributed by atoms with Gasteiger partial charge < -0.3 is 19.7 Å². The van der Waals surface area contributed by atoms with Gasteiger partial charge in [-0.05, 0) is 67.5 Å². The number of carbonyl (C=O) groups is 2. The van der Waals surface area contributed by atoms with Gasteiger partial charge >= 0.3 is 5.97 Å². The number of benzene rings is 2. The molecule has 6 rings (SSSR count). The van der Waals surface area contributed by atoms with Crippen LogP contribution in [0.25, 0.3) is 10.9 Å². The van der Waals surface area contributed by atoms with Crippen molar-refractivity contribution in [2.75, 3.05) is 25.5 Å². The molecule has 3 aliphatic rings. The third-order valence-corrected chi connectivity index (χ3v) is 8.57. The van der Waals surface area contributed by atoms with E-state index in [1.165, 1.54) is 12.7 Å². The van der Waals surface area contributed by atoms with Crippen molar-refractivity contribution >= 4 is 28.5 Å². The standard InChI is InChI=1S/C28H31N3O4/c1-3-27-13-7-14-30-15-12-21-20-11-10-19(29-25(32)18-8-5-4-6-9-18)16-22(20)31(23(21)24(27)30)28(34,17-27)26(33)35-2/h4-6,8-11,16,24,34H,3,7,12-15,17H2,1-2H3,(H,29,32)/t24-,27+,28+/m1/s1. The van der Waals surface area contributed by atoms with Crippen molar-refractivity contribution in [3.05, 3.63) is 65.4 Å². The Hall–Kier alpha value is -3.16. The van der Waals surface area contributed by atoms with E-state index in [0.29, 0.717) is 17.7 Å². The topological polar surface area (TPSA) is 83.8 Å². The molecule has 0 spiro atoms. The minimum Gasteiger partial charge on any atom is -0.465 e. The normalized spacial score (nSPS) is 27.3. The SMILES string of the molecule is CC[C@]12CCCN3CCc4c(n(c5cc(NC(=O)c6ccccc6)ccc45)[C@@](O)(C(=O)OC)C1)[C@@H]32. The van der Waals surface area contributed by atoms with Gasteiger partial charge in [0.15, 0.2) is 0 Å².